The van der Waals surface area contributed by atoms with Crippen molar-refractivity contribution in [3.05, 3.63) is 71.8 Å². The molecule has 2 aliphatic rings. The zero-order valence-electron chi connectivity index (χ0n) is 18.8. The standard InChI is InChI=1S/C26H34N4O2/c31-25(23-11-5-2-6-12-23)27-24(21-22-9-3-1-4-10-22)26(32)30-19-17-29(18-20-30)16-15-28-13-7-8-14-28/h1-6,9-12,24H,7-8,13-21H2,(H,27,31). The van der Waals surface area contributed by atoms with Gasteiger partial charge in [-0.25, -0.2) is 0 Å². The first-order chi connectivity index (χ1) is 15.7. The molecule has 6 heteroatoms. The molecule has 0 radical (unpaired) electrons. The topological polar surface area (TPSA) is 55.9 Å². The Balaban J connectivity index is 1.35. The summed E-state index contributed by atoms with van der Waals surface area (Å²) in [5.41, 5.74) is 1.62. The predicted molar refractivity (Wildman–Crippen MR) is 127 cm³/mol. The highest BCUT2D eigenvalue weighted by atomic mass is 16.2. The highest BCUT2D eigenvalue weighted by Gasteiger charge is 2.29. The number of rotatable bonds is 8. The molecular weight excluding hydrogens is 400 g/mol. The Morgan fingerprint density at radius 2 is 1.31 bits per heavy atom. The minimum Gasteiger partial charge on any atom is -0.340 e. The van der Waals surface area contributed by atoms with Gasteiger partial charge >= 0.3 is 0 Å². The Morgan fingerprint density at radius 3 is 1.94 bits per heavy atom. The van der Waals surface area contributed by atoms with E-state index in [2.05, 4.69) is 15.1 Å². The first-order valence-electron chi connectivity index (χ1n) is 11.8. The molecular formula is C26H34N4O2. The maximum absolute atomic E-state index is 13.4. The molecule has 1 N–H and O–H groups in total. The van der Waals surface area contributed by atoms with E-state index in [4.69, 9.17) is 0 Å². The van der Waals surface area contributed by atoms with E-state index in [-0.39, 0.29) is 11.8 Å². The summed E-state index contributed by atoms with van der Waals surface area (Å²) in [7, 11) is 0. The van der Waals surface area contributed by atoms with Crippen LogP contribution in [0, 0.1) is 0 Å². The van der Waals surface area contributed by atoms with Gasteiger partial charge in [-0.2, -0.15) is 0 Å². The smallest absolute Gasteiger partial charge is 0.251 e. The molecule has 170 valence electrons. The van der Waals surface area contributed by atoms with Crippen molar-refractivity contribution in [2.24, 2.45) is 0 Å². The Morgan fingerprint density at radius 1 is 0.750 bits per heavy atom. The number of hydrogen-bond donors (Lipinski definition) is 1. The number of hydrogen-bond acceptors (Lipinski definition) is 4. The summed E-state index contributed by atoms with van der Waals surface area (Å²) in [6, 6.07) is 18.4. The lowest BCUT2D eigenvalue weighted by atomic mass is 10.0. The van der Waals surface area contributed by atoms with Gasteiger partial charge in [0.1, 0.15) is 6.04 Å². The van der Waals surface area contributed by atoms with E-state index in [9.17, 15) is 9.59 Å². The van der Waals surface area contributed by atoms with Crippen LogP contribution in [0.4, 0.5) is 0 Å². The molecule has 0 aromatic heterocycles. The molecule has 2 fully saturated rings. The van der Waals surface area contributed by atoms with Gasteiger partial charge in [0.05, 0.1) is 0 Å². The van der Waals surface area contributed by atoms with Crippen molar-refractivity contribution in [2.75, 3.05) is 52.4 Å². The van der Waals surface area contributed by atoms with Crippen LogP contribution in [0.5, 0.6) is 0 Å². The second-order valence-corrected chi connectivity index (χ2v) is 8.80. The Kier molecular flexibility index (Phi) is 7.91. The summed E-state index contributed by atoms with van der Waals surface area (Å²) in [5.74, 6) is -0.193. The lowest BCUT2D eigenvalue weighted by Crippen LogP contribution is -2.56. The fourth-order valence-electron chi connectivity index (χ4n) is 4.58. The highest BCUT2D eigenvalue weighted by Crippen LogP contribution is 2.12. The second-order valence-electron chi connectivity index (χ2n) is 8.80. The number of carbonyl (C=O) groups is 2. The molecule has 4 rings (SSSR count). The van der Waals surface area contributed by atoms with Crippen molar-refractivity contribution in [2.45, 2.75) is 25.3 Å². The minimum atomic E-state index is -0.568. The lowest BCUT2D eigenvalue weighted by Gasteiger charge is -2.37. The number of likely N-dealkylation sites (tertiary alicyclic amines) is 1. The van der Waals surface area contributed by atoms with Crippen LogP contribution in [-0.2, 0) is 11.2 Å². The molecule has 32 heavy (non-hydrogen) atoms. The van der Waals surface area contributed by atoms with Gasteiger partial charge in [0.2, 0.25) is 5.91 Å². The SMILES string of the molecule is O=C(NC(Cc1ccccc1)C(=O)N1CCN(CCN2CCCC2)CC1)c1ccccc1. The van der Waals surface area contributed by atoms with Crippen molar-refractivity contribution < 1.29 is 9.59 Å². The van der Waals surface area contributed by atoms with Crippen molar-refractivity contribution in [1.82, 2.24) is 20.0 Å². The molecule has 2 heterocycles. The predicted octanol–water partition coefficient (Wildman–Crippen LogP) is 2.27. The van der Waals surface area contributed by atoms with E-state index >= 15 is 0 Å². The molecule has 2 aliphatic heterocycles. The monoisotopic (exact) mass is 434 g/mol. The van der Waals surface area contributed by atoms with Gasteiger partial charge in [-0.3, -0.25) is 14.5 Å². The van der Waals surface area contributed by atoms with Gasteiger partial charge < -0.3 is 15.1 Å². The number of nitrogens with one attached hydrogen (secondary N) is 1. The summed E-state index contributed by atoms with van der Waals surface area (Å²) < 4.78 is 0. The Hall–Kier alpha value is -2.70. The van der Waals surface area contributed by atoms with Crippen LogP contribution in [0.1, 0.15) is 28.8 Å². The summed E-state index contributed by atoms with van der Waals surface area (Å²) in [5, 5.41) is 3.00. The average Bonchev–Trinajstić information content (AvgIpc) is 3.37. The minimum absolute atomic E-state index is 0.0114. The molecule has 2 aromatic rings. The number of benzene rings is 2. The average molecular weight is 435 g/mol. The third kappa shape index (κ3) is 6.17. The molecule has 0 spiro atoms. The largest absolute Gasteiger partial charge is 0.340 e. The van der Waals surface area contributed by atoms with Crippen LogP contribution < -0.4 is 5.32 Å². The summed E-state index contributed by atoms with van der Waals surface area (Å²) in [6.07, 6.45) is 3.13. The van der Waals surface area contributed by atoms with Gasteiger partial charge in [0.25, 0.3) is 5.91 Å². The van der Waals surface area contributed by atoms with Crippen molar-refractivity contribution in [1.29, 1.82) is 0 Å². The van der Waals surface area contributed by atoms with Gasteiger partial charge in [-0.1, -0.05) is 48.5 Å². The van der Waals surface area contributed by atoms with Gasteiger partial charge in [-0.05, 0) is 43.6 Å². The molecule has 2 amide bonds. The molecule has 0 aliphatic carbocycles. The first kappa shape index (κ1) is 22.5. The quantitative estimate of drug-likeness (QED) is 0.693. The number of piperazine rings is 1. The van der Waals surface area contributed by atoms with Crippen LogP contribution in [0.3, 0.4) is 0 Å². The fraction of sp³-hybridized carbons (Fsp3) is 0.462. The van der Waals surface area contributed by atoms with E-state index in [1.54, 1.807) is 12.1 Å². The Labute approximate surface area is 191 Å². The number of amides is 2. The van der Waals surface area contributed by atoms with E-state index in [1.165, 1.54) is 25.9 Å². The number of carbonyl (C=O) groups excluding carboxylic acids is 2. The molecule has 6 nitrogen and oxygen atoms in total. The normalized spacial score (nSPS) is 18.4. The zero-order chi connectivity index (χ0) is 22.2. The third-order valence-electron chi connectivity index (χ3n) is 6.54. The molecule has 2 aromatic carbocycles. The van der Waals surface area contributed by atoms with Gasteiger partial charge in [0, 0.05) is 51.3 Å². The van der Waals surface area contributed by atoms with Crippen molar-refractivity contribution in [3.8, 4) is 0 Å². The van der Waals surface area contributed by atoms with Crippen LogP contribution in [0.25, 0.3) is 0 Å². The molecule has 0 saturated carbocycles. The fourth-order valence-corrected chi connectivity index (χ4v) is 4.58. The van der Waals surface area contributed by atoms with Crippen LogP contribution in [-0.4, -0.2) is 84.9 Å². The first-order valence-corrected chi connectivity index (χ1v) is 11.8. The van der Waals surface area contributed by atoms with E-state index in [1.807, 2.05) is 53.4 Å². The second kappa shape index (κ2) is 11.2. The molecule has 1 atom stereocenters. The zero-order valence-corrected chi connectivity index (χ0v) is 18.8. The molecule has 1 unspecified atom stereocenters. The summed E-state index contributed by atoms with van der Waals surface area (Å²) in [4.78, 5) is 33.1. The van der Waals surface area contributed by atoms with E-state index in [0.29, 0.717) is 25.1 Å². The summed E-state index contributed by atoms with van der Waals surface area (Å²) in [6.45, 7) is 7.85. The third-order valence-corrected chi connectivity index (χ3v) is 6.54. The maximum atomic E-state index is 13.4. The van der Waals surface area contributed by atoms with Crippen LogP contribution >= 0.6 is 0 Å². The van der Waals surface area contributed by atoms with E-state index in [0.717, 1.165) is 31.7 Å². The van der Waals surface area contributed by atoms with Crippen LogP contribution in [0.2, 0.25) is 0 Å². The van der Waals surface area contributed by atoms with E-state index < -0.39 is 6.04 Å². The van der Waals surface area contributed by atoms with Crippen molar-refractivity contribution >= 4 is 11.8 Å². The van der Waals surface area contributed by atoms with Crippen LogP contribution in [0.15, 0.2) is 60.7 Å². The summed E-state index contributed by atoms with van der Waals surface area (Å²) >= 11 is 0. The van der Waals surface area contributed by atoms with Gasteiger partial charge in [0.15, 0.2) is 0 Å². The maximum Gasteiger partial charge on any atom is 0.251 e. The van der Waals surface area contributed by atoms with Crippen molar-refractivity contribution in [3.63, 3.8) is 0 Å². The van der Waals surface area contributed by atoms with Gasteiger partial charge in [-0.15, -0.1) is 0 Å². The molecule has 2 saturated heterocycles. The molecule has 0 bridgehead atoms. The lowest BCUT2D eigenvalue weighted by molar-refractivity contribution is -0.135. The highest BCUT2D eigenvalue weighted by molar-refractivity contribution is 5.97. The Bertz CT molecular complexity index is 860. The number of nitrogens with zero attached hydrogens (tertiary/aromatic N) is 3.